The van der Waals surface area contributed by atoms with Crippen LogP contribution in [0.4, 0.5) is 11.4 Å². The predicted molar refractivity (Wildman–Crippen MR) is 136 cm³/mol. The van der Waals surface area contributed by atoms with Crippen LogP contribution < -0.4 is 10.6 Å². The number of ether oxygens (including phenoxy) is 5. The number of nitrogens with zero attached hydrogens (tertiary/aromatic N) is 1. The van der Waals surface area contributed by atoms with E-state index in [9.17, 15) is 5.11 Å². The Balaban J connectivity index is 0.000000137. The monoisotopic (exact) mass is 496 g/mol. The van der Waals surface area contributed by atoms with Gasteiger partial charge in [-0.25, -0.2) is 0 Å². The maximum Gasteiger partial charge on any atom is 0.139 e. The first-order valence-corrected chi connectivity index (χ1v) is 13.0. The van der Waals surface area contributed by atoms with Gasteiger partial charge in [0.15, 0.2) is 0 Å². The second kappa shape index (κ2) is 10.2. The van der Waals surface area contributed by atoms with Gasteiger partial charge in [0.25, 0.3) is 0 Å². The quantitative estimate of drug-likeness (QED) is 0.277. The van der Waals surface area contributed by atoms with Crippen molar-refractivity contribution in [2.45, 2.75) is 56.7 Å². The molecule has 3 N–H and O–H groups in total. The average molecular weight is 497 g/mol. The van der Waals surface area contributed by atoms with Gasteiger partial charge in [-0.1, -0.05) is 18.2 Å². The summed E-state index contributed by atoms with van der Waals surface area (Å²) < 4.78 is 26.7. The van der Waals surface area contributed by atoms with Crippen molar-refractivity contribution >= 4 is 11.4 Å². The van der Waals surface area contributed by atoms with Crippen molar-refractivity contribution < 1.29 is 28.8 Å². The lowest BCUT2D eigenvalue weighted by Gasteiger charge is -2.25. The fraction of sp³-hybridized carbons (Fsp3) is 0.571. The minimum atomic E-state index is 0.178. The molecule has 0 amide bonds. The molecule has 7 rings (SSSR count). The number of benzene rings is 2. The Morgan fingerprint density at radius 2 is 1.28 bits per heavy atom. The zero-order valence-corrected chi connectivity index (χ0v) is 20.9. The van der Waals surface area contributed by atoms with E-state index in [0.717, 1.165) is 76.5 Å². The van der Waals surface area contributed by atoms with Crippen molar-refractivity contribution in [3.63, 3.8) is 0 Å². The van der Waals surface area contributed by atoms with E-state index >= 15 is 0 Å². The lowest BCUT2D eigenvalue weighted by atomic mass is 9.90. The van der Waals surface area contributed by atoms with E-state index in [1.807, 2.05) is 0 Å². The zero-order chi connectivity index (χ0) is 24.6. The zero-order valence-electron chi connectivity index (χ0n) is 20.9. The van der Waals surface area contributed by atoms with Gasteiger partial charge in [-0.05, 0) is 41.3 Å². The number of hydrogen-bond donors (Lipinski definition) is 2. The highest BCUT2D eigenvalue weighted by Crippen LogP contribution is 2.37. The van der Waals surface area contributed by atoms with Gasteiger partial charge in [-0.2, -0.15) is 0 Å². The van der Waals surface area contributed by atoms with Crippen LogP contribution in [0.1, 0.15) is 22.3 Å². The molecule has 5 atom stereocenters. The second-order valence-electron chi connectivity index (χ2n) is 10.5. The minimum Gasteiger partial charge on any atom is -0.506 e. The molecule has 5 fully saturated rings. The maximum absolute atomic E-state index is 10.1. The van der Waals surface area contributed by atoms with Crippen LogP contribution in [-0.2, 0) is 42.9 Å². The highest BCUT2D eigenvalue weighted by atomic mass is 16.6. The molecule has 0 spiro atoms. The molecule has 2 aromatic rings. The van der Waals surface area contributed by atoms with E-state index in [0.29, 0.717) is 30.1 Å². The van der Waals surface area contributed by atoms with Crippen LogP contribution >= 0.6 is 0 Å². The van der Waals surface area contributed by atoms with Crippen molar-refractivity contribution in [1.29, 1.82) is 0 Å². The molecule has 0 saturated carbocycles. The van der Waals surface area contributed by atoms with Crippen LogP contribution in [0, 0.1) is 6.92 Å². The van der Waals surface area contributed by atoms with Crippen molar-refractivity contribution in [2.24, 2.45) is 0 Å². The van der Waals surface area contributed by atoms with Crippen LogP contribution in [0.25, 0.3) is 0 Å². The van der Waals surface area contributed by atoms with E-state index in [2.05, 4.69) is 36.1 Å². The molecule has 36 heavy (non-hydrogen) atoms. The second-order valence-corrected chi connectivity index (χ2v) is 10.5. The van der Waals surface area contributed by atoms with Crippen LogP contribution in [0.15, 0.2) is 30.3 Å². The number of nitrogens with two attached hydrogens (primary N) is 1. The van der Waals surface area contributed by atoms with E-state index in [4.69, 9.17) is 29.4 Å². The number of anilines is 2. The van der Waals surface area contributed by atoms with Gasteiger partial charge in [0.2, 0.25) is 0 Å². The molecule has 0 radical (unpaired) electrons. The van der Waals surface area contributed by atoms with Gasteiger partial charge in [0, 0.05) is 38.0 Å². The Hall–Kier alpha value is -2.36. The molecule has 0 bridgehead atoms. The fourth-order valence-corrected chi connectivity index (χ4v) is 4.80. The summed E-state index contributed by atoms with van der Waals surface area (Å²) in [6.07, 6.45) is 4.20. The Labute approximate surface area is 212 Å². The Morgan fingerprint density at radius 3 is 1.81 bits per heavy atom. The summed E-state index contributed by atoms with van der Waals surface area (Å²) >= 11 is 0. The molecule has 0 aromatic heterocycles. The third-order valence-corrected chi connectivity index (χ3v) is 7.29. The summed E-state index contributed by atoms with van der Waals surface area (Å²) in [5.74, 6) is 0.178. The first kappa shape index (κ1) is 24.0. The van der Waals surface area contributed by atoms with Crippen LogP contribution in [0.3, 0.4) is 0 Å². The van der Waals surface area contributed by atoms with E-state index < -0.39 is 0 Å². The largest absolute Gasteiger partial charge is 0.506 e. The van der Waals surface area contributed by atoms with Crippen molar-refractivity contribution in [1.82, 2.24) is 0 Å². The molecular formula is C28H36N2O6. The third kappa shape index (κ3) is 6.49. The number of rotatable bonds is 11. The van der Waals surface area contributed by atoms with Crippen molar-refractivity contribution in [3.8, 4) is 5.75 Å². The molecule has 5 saturated heterocycles. The summed E-state index contributed by atoms with van der Waals surface area (Å²) in [7, 11) is 0. The van der Waals surface area contributed by atoms with Crippen LogP contribution in [0.2, 0.25) is 0 Å². The fourth-order valence-electron chi connectivity index (χ4n) is 4.80. The number of hydrogen-bond acceptors (Lipinski definition) is 8. The Bertz CT molecular complexity index is 1060. The summed E-state index contributed by atoms with van der Waals surface area (Å²) in [6.45, 7) is 8.38. The van der Waals surface area contributed by atoms with Gasteiger partial charge in [0.05, 0.1) is 69.2 Å². The van der Waals surface area contributed by atoms with Crippen LogP contribution in [-0.4, -0.2) is 81.8 Å². The lowest BCUT2D eigenvalue weighted by molar-refractivity contribution is 0.389. The van der Waals surface area contributed by atoms with Crippen molar-refractivity contribution in [2.75, 3.05) is 56.8 Å². The number of phenolic OH excluding ortho intramolecular Hbond substituents is 1. The van der Waals surface area contributed by atoms with E-state index in [1.165, 1.54) is 16.8 Å². The molecule has 2 aromatic carbocycles. The summed E-state index contributed by atoms with van der Waals surface area (Å²) in [4.78, 5) is 2.39. The molecule has 5 aliphatic heterocycles. The lowest BCUT2D eigenvalue weighted by Crippen LogP contribution is -2.32. The smallest absolute Gasteiger partial charge is 0.139 e. The molecule has 5 unspecified atom stereocenters. The van der Waals surface area contributed by atoms with Gasteiger partial charge in [-0.3, -0.25) is 0 Å². The molecule has 5 aliphatic rings. The Kier molecular flexibility index (Phi) is 6.79. The highest BCUT2D eigenvalue weighted by Gasteiger charge is 2.33. The topological polar surface area (TPSA) is 112 Å². The number of epoxide rings is 5. The molecular weight excluding hydrogens is 460 g/mol. The molecule has 8 heteroatoms. The van der Waals surface area contributed by atoms with Gasteiger partial charge >= 0.3 is 0 Å². The van der Waals surface area contributed by atoms with Gasteiger partial charge < -0.3 is 39.4 Å². The van der Waals surface area contributed by atoms with E-state index in [-0.39, 0.29) is 11.9 Å². The summed E-state index contributed by atoms with van der Waals surface area (Å²) in [5, 5.41) is 10.1. The van der Waals surface area contributed by atoms with Gasteiger partial charge in [0.1, 0.15) is 5.75 Å². The SMILES string of the molecule is Cc1ccccc1N(CC1CO1)CC1CO1.Nc1c(O)cc(CC2CO2)c(CC2CO2)c1CC1CO1. The normalized spacial score (nSPS) is 28.6. The summed E-state index contributed by atoms with van der Waals surface area (Å²) in [5.41, 5.74) is 12.6. The molecule has 0 aliphatic carbocycles. The standard InChI is InChI=1S/C15H19NO4.C13H17NO2/c16-15-13(4-11-7-20-11)12(3-10-6-19-10)8(2-14(15)17)1-9-5-18-9;1-10-4-2-3-5-13(10)14(6-11-8-15-11)7-12-9-16-12/h2,9-11,17H,1,3-7,16H2;2-5,11-12H,6-9H2,1H3. The number of phenols is 1. The first-order chi connectivity index (χ1) is 17.5. The predicted octanol–water partition coefficient (Wildman–Crippen LogP) is 2.40. The number of para-hydroxylation sites is 1. The number of aromatic hydroxyl groups is 1. The average Bonchev–Trinajstić information content (AvgIpc) is 3.68. The number of nitrogen functional groups attached to an aromatic ring is 1. The summed E-state index contributed by atoms with van der Waals surface area (Å²) in [6, 6.07) is 10.3. The maximum atomic E-state index is 10.1. The minimum absolute atomic E-state index is 0.178. The van der Waals surface area contributed by atoms with Crippen LogP contribution in [0.5, 0.6) is 5.75 Å². The third-order valence-electron chi connectivity index (χ3n) is 7.29. The first-order valence-electron chi connectivity index (χ1n) is 13.0. The van der Waals surface area contributed by atoms with Crippen molar-refractivity contribution in [3.05, 3.63) is 52.6 Å². The molecule has 8 nitrogen and oxygen atoms in total. The van der Waals surface area contributed by atoms with Gasteiger partial charge in [-0.15, -0.1) is 0 Å². The molecule has 194 valence electrons. The Morgan fingerprint density at radius 1 is 0.778 bits per heavy atom. The molecule has 5 heterocycles. The van der Waals surface area contributed by atoms with E-state index in [1.54, 1.807) is 6.07 Å². The highest BCUT2D eigenvalue weighted by molar-refractivity contribution is 5.64. The number of aryl methyl sites for hydroxylation is 1.